The molecule has 0 heterocycles. The van der Waals surface area contributed by atoms with E-state index in [1.807, 2.05) is 0 Å². The summed E-state index contributed by atoms with van der Waals surface area (Å²) < 4.78 is 31.9. The van der Waals surface area contributed by atoms with Crippen molar-refractivity contribution < 1.29 is 18.6 Å². The Morgan fingerprint density at radius 2 is 1.78 bits per heavy atom. The molecule has 0 aliphatic rings. The minimum atomic E-state index is -0.900. The van der Waals surface area contributed by atoms with E-state index in [0.29, 0.717) is 0 Å². The van der Waals surface area contributed by atoms with Gasteiger partial charge in [-0.2, -0.15) is 0 Å². The molecule has 0 bridgehead atoms. The van der Waals surface area contributed by atoms with Crippen molar-refractivity contribution in [1.82, 2.24) is 0 Å². The van der Waals surface area contributed by atoms with E-state index in [2.05, 4.69) is 0 Å². The van der Waals surface area contributed by atoms with Crippen LogP contribution < -0.4 is 4.74 Å². The number of ether oxygens (including phenoxy) is 1. The lowest BCUT2D eigenvalue weighted by Crippen LogP contribution is -1.98. The third-order valence-electron chi connectivity index (χ3n) is 2.48. The van der Waals surface area contributed by atoms with Gasteiger partial charge in [0.2, 0.25) is 0 Å². The maximum Gasteiger partial charge on any atom is 0.165 e. The lowest BCUT2D eigenvalue weighted by molar-refractivity contribution is 0.195. The third kappa shape index (κ3) is 2.65. The summed E-state index contributed by atoms with van der Waals surface area (Å²) in [5.41, 5.74) is 0.276. The van der Waals surface area contributed by atoms with Gasteiger partial charge in [-0.05, 0) is 37.3 Å². The smallest absolute Gasteiger partial charge is 0.165 e. The Kier molecular flexibility index (Phi) is 3.58. The van der Waals surface area contributed by atoms with Gasteiger partial charge in [0.15, 0.2) is 11.6 Å². The molecule has 0 saturated carbocycles. The van der Waals surface area contributed by atoms with E-state index in [1.165, 1.54) is 37.3 Å². The van der Waals surface area contributed by atoms with Gasteiger partial charge < -0.3 is 9.84 Å². The lowest BCUT2D eigenvalue weighted by atomic mass is 10.1. The number of aliphatic hydroxyl groups excluding tert-OH is 1. The highest BCUT2D eigenvalue weighted by atomic mass is 19.1. The van der Waals surface area contributed by atoms with Crippen molar-refractivity contribution in [2.45, 2.75) is 13.0 Å². The summed E-state index contributed by atoms with van der Waals surface area (Å²) in [6.07, 6.45) is -0.900. The van der Waals surface area contributed by atoms with Crippen molar-refractivity contribution >= 4 is 0 Å². The number of benzene rings is 2. The largest absolute Gasteiger partial charge is 0.454 e. The average Bonchev–Trinajstić information content (AvgIpc) is 2.34. The Morgan fingerprint density at radius 1 is 1.06 bits per heavy atom. The molecule has 0 aliphatic carbocycles. The quantitative estimate of drug-likeness (QED) is 0.897. The van der Waals surface area contributed by atoms with Gasteiger partial charge in [-0.3, -0.25) is 0 Å². The Morgan fingerprint density at radius 3 is 2.44 bits per heavy atom. The van der Waals surface area contributed by atoms with Crippen LogP contribution in [0, 0.1) is 11.6 Å². The number of rotatable bonds is 3. The van der Waals surface area contributed by atoms with Gasteiger partial charge in [0.1, 0.15) is 11.6 Å². The molecule has 0 amide bonds. The maximum atomic E-state index is 13.4. The lowest BCUT2D eigenvalue weighted by Gasteiger charge is -2.13. The molecule has 2 aromatic rings. The molecular weight excluding hydrogens is 238 g/mol. The van der Waals surface area contributed by atoms with E-state index >= 15 is 0 Å². The number of hydrogen-bond acceptors (Lipinski definition) is 2. The van der Waals surface area contributed by atoms with Crippen LogP contribution in [0.15, 0.2) is 42.5 Å². The first-order valence-corrected chi connectivity index (χ1v) is 5.48. The standard InChI is InChI=1S/C14H12F2O2/c1-9(17)11-8-10(15)6-7-13(11)18-14-5-3-2-4-12(14)16/h2-9,17H,1H3/t9-/m1/s1. The van der Waals surface area contributed by atoms with Crippen LogP contribution in [0.3, 0.4) is 0 Å². The van der Waals surface area contributed by atoms with Crippen molar-refractivity contribution in [2.75, 3.05) is 0 Å². The van der Waals surface area contributed by atoms with Crippen molar-refractivity contribution in [3.05, 3.63) is 59.7 Å². The summed E-state index contributed by atoms with van der Waals surface area (Å²) >= 11 is 0. The Labute approximate surface area is 103 Å². The fraction of sp³-hybridized carbons (Fsp3) is 0.143. The van der Waals surface area contributed by atoms with E-state index in [9.17, 15) is 13.9 Å². The normalized spacial score (nSPS) is 12.2. The minimum Gasteiger partial charge on any atom is -0.454 e. The van der Waals surface area contributed by atoms with Gasteiger partial charge >= 0.3 is 0 Å². The second-order valence-electron chi connectivity index (χ2n) is 3.89. The van der Waals surface area contributed by atoms with Crippen LogP contribution in [0.2, 0.25) is 0 Å². The molecule has 0 saturated heterocycles. The van der Waals surface area contributed by atoms with Crippen LogP contribution in [0.5, 0.6) is 11.5 Å². The highest BCUT2D eigenvalue weighted by Gasteiger charge is 2.12. The van der Waals surface area contributed by atoms with Crippen LogP contribution in [0.25, 0.3) is 0 Å². The van der Waals surface area contributed by atoms with Crippen LogP contribution in [-0.2, 0) is 0 Å². The van der Waals surface area contributed by atoms with Gasteiger partial charge in [0.25, 0.3) is 0 Å². The highest BCUT2D eigenvalue weighted by molar-refractivity contribution is 5.39. The second-order valence-corrected chi connectivity index (χ2v) is 3.89. The highest BCUT2D eigenvalue weighted by Crippen LogP contribution is 2.31. The summed E-state index contributed by atoms with van der Waals surface area (Å²) in [5.74, 6) is -0.729. The summed E-state index contributed by atoms with van der Waals surface area (Å²) in [4.78, 5) is 0. The van der Waals surface area contributed by atoms with Crippen LogP contribution in [0.4, 0.5) is 8.78 Å². The van der Waals surface area contributed by atoms with E-state index < -0.39 is 17.7 Å². The van der Waals surface area contributed by atoms with E-state index in [-0.39, 0.29) is 17.1 Å². The first kappa shape index (κ1) is 12.5. The Balaban J connectivity index is 2.37. The van der Waals surface area contributed by atoms with Gasteiger partial charge in [0, 0.05) is 5.56 Å². The van der Waals surface area contributed by atoms with Gasteiger partial charge in [-0.1, -0.05) is 12.1 Å². The molecule has 0 unspecified atom stereocenters. The summed E-state index contributed by atoms with van der Waals surface area (Å²) in [6, 6.07) is 9.63. The Hall–Kier alpha value is -1.94. The number of hydrogen-bond donors (Lipinski definition) is 1. The summed E-state index contributed by atoms with van der Waals surface area (Å²) in [6.45, 7) is 1.49. The molecule has 0 radical (unpaired) electrons. The monoisotopic (exact) mass is 250 g/mol. The molecule has 2 rings (SSSR count). The van der Waals surface area contributed by atoms with Crippen LogP contribution >= 0.6 is 0 Å². The molecule has 0 fully saturated rings. The summed E-state index contributed by atoms with van der Waals surface area (Å²) in [5, 5.41) is 9.54. The van der Waals surface area contributed by atoms with Crippen molar-refractivity contribution in [2.24, 2.45) is 0 Å². The number of halogens is 2. The van der Waals surface area contributed by atoms with Gasteiger partial charge in [0.05, 0.1) is 6.10 Å². The van der Waals surface area contributed by atoms with Crippen molar-refractivity contribution in [3.8, 4) is 11.5 Å². The molecule has 94 valence electrons. The first-order valence-electron chi connectivity index (χ1n) is 5.48. The van der Waals surface area contributed by atoms with Crippen LogP contribution in [0.1, 0.15) is 18.6 Å². The van der Waals surface area contributed by atoms with Gasteiger partial charge in [-0.25, -0.2) is 8.78 Å². The molecule has 2 nitrogen and oxygen atoms in total. The van der Waals surface area contributed by atoms with Gasteiger partial charge in [-0.15, -0.1) is 0 Å². The van der Waals surface area contributed by atoms with Crippen molar-refractivity contribution in [3.63, 3.8) is 0 Å². The van der Waals surface area contributed by atoms with E-state index in [4.69, 9.17) is 4.74 Å². The fourth-order valence-corrected chi connectivity index (χ4v) is 1.58. The van der Waals surface area contributed by atoms with Crippen LogP contribution in [-0.4, -0.2) is 5.11 Å². The second kappa shape index (κ2) is 5.14. The number of aliphatic hydroxyl groups is 1. The van der Waals surface area contributed by atoms with Crippen molar-refractivity contribution in [1.29, 1.82) is 0 Å². The zero-order valence-corrected chi connectivity index (χ0v) is 9.73. The topological polar surface area (TPSA) is 29.5 Å². The number of para-hydroxylation sites is 1. The molecular formula is C14H12F2O2. The molecule has 4 heteroatoms. The first-order chi connectivity index (χ1) is 8.58. The summed E-state index contributed by atoms with van der Waals surface area (Å²) in [7, 11) is 0. The SMILES string of the molecule is C[C@@H](O)c1cc(F)ccc1Oc1ccccc1F. The minimum absolute atomic E-state index is 0.0333. The molecule has 0 aromatic heterocycles. The zero-order valence-electron chi connectivity index (χ0n) is 9.73. The average molecular weight is 250 g/mol. The Bertz CT molecular complexity index is 553. The molecule has 0 spiro atoms. The zero-order chi connectivity index (χ0) is 13.1. The fourth-order valence-electron chi connectivity index (χ4n) is 1.58. The molecule has 2 aromatic carbocycles. The molecule has 0 aliphatic heterocycles. The van der Waals surface area contributed by atoms with E-state index in [0.717, 1.165) is 0 Å². The maximum absolute atomic E-state index is 13.4. The molecule has 1 atom stereocenters. The third-order valence-corrected chi connectivity index (χ3v) is 2.48. The predicted molar refractivity (Wildman–Crippen MR) is 63.5 cm³/mol. The molecule has 18 heavy (non-hydrogen) atoms. The molecule has 1 N–H and O–H groups in total. The predicted octanol–water partition coefficient (Wildman–Crippen LogP) is 3.81. The van der Waals surface area contributed by atoms with E-state index in [1.54, 1.807) is 12.1 Å².